The molecule has 130 valence electrons. The van der Waals surface area contributed by atoms with Crippen molar-refractivity contribution in [2.24, 2.45) is 5.73 Å². The number of nitrogens with two attached hydrogens (primary N) is 1. The summed E-state index contributed by atoms with van der Waals surface area (Å²) >= 11 is 0. The van der Waals surface area contributed by atoms with Crippen LogP contribution in [0.15, 0.2) is 42.5 Å². The largest absolute Gasteiger partial charge is 0.496 e. The van der Waals surface area contributed by atoms with Crippen LogP contribution in [-0.4, -0.2) is 37.1 Å². The molecule has 0 aliphatic carbocycles. The van der Waals surface area contributed by atoms with E-state index in [9.17, 15) is 4.79 Å². The molecule has 2 N–H and O–H groups in total. The van der Waals surface area contributed by atoms with Crippen LogP contribution in [0, 0.1) is 0 Å². The molecule has 0 saturated carbocycles. The number of benzene rings is 2. The first-order chi connectivity index (χ1) is 12.1. The van der Waals surface area contributed by atoms with Crippen molar-refractivity contribution in [1.82, 2.24) is 9.78 Å². The highest BCUT2D eigenvalue weighted by molar-refractivity contribution is 5.90. The Hall–Kier alpha value is -3.06. The first-order valence-corrected chi connectivity index (χ1v) is 7.63. The van der Waals surface area contributed by atoms with Crippen LogP contribution in [-0.2, 0) is 4.74 Å². The summed E-state index contributed by atoms with van der Waals surface area (Å²) in [4.78, 5) is 11.7. The fourth-order valence-electron chi connectivity index (χ4n) is 2.75. The van der Waals surface area contributed by atoms with E-state index in [0.29, 0.717) is 22.8 Å². The molecule has 7 heteroatoms. The molecule has 0 amide bonds. The Balaban J connectivity index is 2.10. The maximum atomic E-state index is 11.7. The van der Waals surface area contributed by atoms with Gasteiger partial charge in [0.25, 0.3) is 0 Å². The van der Waals surface area contributed by atoms with Gasteiger partial charge in [-0.25, -0.2) is 9.48 Å². The van der Waals surface area contributed by atoms with Crippen molar-refractivity contribution in [3.05, 3.63) is 53.6 Å². The molecule has 1 aromatic heterocycles. The monoisotopic (exact) mass is 341 g/mol. The number of nitrogens with zero attached hydrogens (tertiary/aromatic N) is 2. The molecule has 1 unspecified atom stereocenters. The van der Waals surface area contributed by atoms with Crippen LogP contribution in [0.2, 0.25) is 0 Å². The summed E-state index contributed by atoms with van der Waals surface area (Å²) in [6.07, 6.45) is -0.615. The lowest BCUT2D eigenvalue weighted by molar-refractivity contribution is 0.0600. The zero-order valence-electron chi connectivity index (χ0n) is 14.2. The van der Waals surface area contributed by atoms with Gasteiger partial charge in [-0.15, -0.1) is 5.10 Å². The SMILES string of the molecule is COC(=O)c1ccc(C(N)n2nc(OC)c3ccccc32)c(OC)c1. The first kappa shape index (κ1) is 16.8. The average molecular weight is 341 g/mol. The molecule has 3 rings (SSSR count). The van der Waals surface area contributed by atoms with Gasteiger partial charge in [0.1, 0.15) is 11.9 Å². The standard InChI is InChI=1S/C18H19N3O4/c1-23-15-10-11(18(22)25-3)8-9-13(15)16(19)21-14-7-5-4-6-12(14)17(20-21)24-2/h4-10,16H,19H2,1-3H3. The Morgan fingerprint density at radius 1 is 1.12 bits per heavy atom. The molecule has 0 aliphatic heterocycles. The van der Waals surface area contributed by atoms with Crippen molar-refractivity contribution in [3.8, 4) is 11.6 Å². The maximum absolute atomic E-state index is 11.7. The van der Waals surface area contributed by atoms with E-state index in [1.807, 2.05) is 24.3 Å². The van der Waals surface area contributed by atoms with E-state index in [1.54, 1.807) is 30.0 Å². The highest BCUT2D eigenvalue weighted by Gasteiger charge is 2.21. The molecule has 1 heterocycles. The molecule has 3 aromatic rings. The van der Waals surface area contributed by atoms with E-state index in [1.165, 1.54) is 14.2 Å². The van der Waals surface area contributed by atoms with Gasteiger partial charge in [0.2, 0.25) is 5.88 Å². The van der Waals surface area contributed by atoms with Crippen LogP contribution >= 0.6 is 0 Å². The van der Waals surface area contributed by atoms with Crippen LogP contribution in [0.3, 0.4) is 0 Å². The number of hydrogen-bond donors (Lipinski definition) is 1. The number of carbonyl (C=O) groups excluding carboxylic acids is 1. The normalized spacial score (nSPS) is 12.0. The van der Waals surface area contributed by atoms with Crippen molar-refractivity contribution >= 4 is 16.9 Å². The third kappa shape index (κ3) is 2.89. The lowest BCUT2D eigenvalue weighted by Crippen LogP contribution is -2.22. The molecule has 0 bridgehead atoms. The van der Waals surface area contributed by atoms with E-state index in [0.717, 1.165) is 10.9 Å². The summed E-state index contributed by atoms with van der Waals surface area (Å²) in [6.45, 7) is 0. The molecule has 25 heavy (non-hydrogen) atoms. The summed E-state index contributed by atoms with van der Waals surface area (Å²) in [6, 6.07) is 12.6. The summed E-state index contributed by atoms with van der Waals surface area (Å²) in [7, 11) is 4.42. The van der Waals surface area contributed by atoms with Crippen LogP contribution in [0.1, 0.15) is 22.1 Å². The number of carbonyl (C=O) groups is 1. The van der Waals surface area contributed by atoms with Gasteiger partial charge in [-0.05, 0) is 24.3 Å². The van der Waals surface area contributed by atoms with Crippen LogP contribution < -0.4 is 15.2 Å². The lowest BCUT2D eigenvalue weighted by atomic mass is 10.1. The first-order valence-electron chi connectivity index (χ1n) is 7.63. The molecule has 0 fully saturated rings. The van der Waals surface area contributed by atoms with Crippen molar-refractivity contribution in [3.63, 3.8) is 0 Å². The van der Waals surface area contributed by atoms with Gasteiger partial charge in [0, 0.05) is 5.56 Å². The molecule has 7 nitrogen and oxygen atoms in total. The highest BCUT2D eigenvalue weighted by Crippen LogP contribution is 2.31. The highest BCUT2D eigenvalue weighted by atomic mass is 16.5. The molecule has 0 radical (unpaired) electrons. The second-order valence-electron chi connectivity index (χ2n) is 5.36. The van der Waals surface area contributed by atoms with Gasteiger partial charge in [0.05, 0.1) is 37.8 Å². The topological polar surface area (TPSA) is 88.6 Å². The van der Waals surface area contributed by atoms with Gasteiger partial charge < -0.3 is 19.9 Å². The third-order valence-corrected chi connectivity index (χ3v) is 4.01. The number of methoxy groups -OCH3 is 3. The molecular formula is C18H19N3O4. The summed E-state index contributed by atoms with van der Waals surface area (Å²) in [5.74, 6) is 0.537. The summed E-state index contributed by atoms with van der Waals surface area (Å²) < 4.78 is 17.2. The van der Waals surface area contributed by atoms with Crippen LogP contribution in [0.4, 0.5) is 0 Å². The fourth-order valence-corrected chi connectivity index (χ4v) is 2.75. The number of fused-ring (bicyclic) bond motifs is 1. The third-order valence-electron chi connectivity index (χ3n) is 4.01. The Morgan fingerprint density at radius 2 is 1.88 bits per heavy atom. The molecule has 0 spiro atoms. The van der Waals surface area contributed by atoms with E-state index in [-0.39, 0.29) is 0 Å². The van der Waals surface area contributed by atoms with Gasteiger partial charge >= 0.3 is 5.97 Å². The number of esters is 1. The minimum absolute atomic E-state index is 0.387. The van der Waals surface area contributed by atoms with Gasteiger partial charge in [-0.2, -0.15) is 0 Å². The number of para-hydroxylation sites is 1. The Morgan fingerprint density at radius 3 is 2.56 bits per heavy atom. The maximum Gasteiger partial charge on any atom is 0.337 e. The van der Waals surface area contributed by atoms with E-state index in [4.69, 9.17) is 19.9 Å². The fraction of sp³-hybridized carbons (Fsp3) is 0.222. The minimum Gasteiger partial charge on any atom is -0.496 e. The van der Waals surface area contributed by atoms with Gasteiger partial charge in [0.15, 0.2) is 0 Å². The summed E-state index contributed by atoms with van der Waals surface area (Å²) in [5, 5.41) is 5.32. The molecule has 0 aliphatic rings. The molecule has 2 aromatic carbocycles. The Kier molecular flexibility index (Phi) is 4.58. The number of rotatable bonds is 5. The second-order valence-corrected chi connectivity index (χ2v) is 5.36. The van der Waals surface area contributed by atoms with Crippen molar-refractivity contribution in [2.75, 3.05) is 21.3 Å². The van der Waals surface area contributed by atoms with Gasteiger partial charge in [-0.3, -0.25) is 0 Å². The van der Waals surface area contributed by atoms with E-state index in [2.05, 4.69) is 5.10 Å². The van der Waals surface area contributed by atoms with Crippen LogP contribution in [0.5, 0.6) is 11.6 Å². The van der Waals surface area contributed by atoms with Gasteiger partial charge in [-0.1, -0.05) is 18.2 Å². The Labute approximate surface area is 144 Å². The van der Waals surface area contributed by atoms with Crippen LogP contribution in [0.25, 0.3) is 10.9 Å². The zero-order chi connectivity index (χ0) is 18.0. The predicted molar refractivity (Wildman–Crippen MR) is 92.9 cm³/mol. The average Bonchev–Trinajstić information content (AvgIpc) is 3.05. The molecule has 0 saturated heterocycles. The second kappa shape index (κ2) is 6.82. The minimum atomic E-state index is -0.615. The molecular weight excluding hydrogens is 322 g/mol. The Bertz CT molecular complexity index is 920. The summed E-state index contributed by atoms with van der Waals surface area (Å²) in [5.41, 5.74) is 8.35. The smallest absolute Gasteiger partial charge is 0.337 e. The number of aromatic nitrogens is 2. The number of hydrogen-bond acceptors (Lipinski definition) is 6. The number of ether oxygens (including phenoxy) is 3. The van der Waals surface area contributed by atoms with E-state index >= 15 is 0 Å². The lowest BCUT2D eigenvalue weighted by Gasteiger charge is -2.17. The van der Waals surface area contributed by atoms with E-state index < -0.39 is 12.1 Å². The molecule has 1 atom stereocenters. The van der Waals surface area contributed by atoms with Crippen molar-refractivity contribution in [2.45, 2.75) is 6.17 Å². The predicted octanol–water partition coefficient (Wildman–Crippen LogP) is 2.35. The zero-order valence-corrected chi connectivity index (χ0v) is 14.2. The van der Waals surface area contributed by atoms with Crippen molar-refractivity contribution in [1.29, 1.82) is 0 Å². The van der Waals surface area contributed by atoms with Crippen molar-refractivity contribution < 1.29 is 19.0 Å². The quantitative estimate of drug-likeness (QED) is 0.717.